The Labute approximate surface area is 238 Å². The standard InChI is InChI=1S/C28H27ClN6O4S/c29-24-12-17(22-14-31-26-19(22)9-4-10-30-26)13-25(34-24)33-18-6-3-5-16(11-18)23(15-32-40(38)39)35-27(36)20-7-1-2-8-21(20)28(35)37/h1-2,4,7-10,12-14,16,18,23,32H,3,5-6,11,15H2,(H,30,31)(H,33,34)(H,38,39)/p-1. The number of amides is 2. The zero-order valence-corrected chi connectivity index (χ0v) is 22.9. The molecule has 0 saturated heterocycles. The van der Waals surface area contributed by atoms with Gasteiger partial charge in [-0.25, -0.2) is 14.7 Å². The average Bonchev–Trinajstić information content (AvgIpc) is 3.48. The molecule has 0 radical (unpaired) electrons. The first-order chi connectivity index (χ1) is 19.4. The van der Waals surface area contributed by atoms with Gasteiger partial charge in [0.2, 0.25) is 0 Å². The summed E-state index contributed by atoms with van der Waals surface area (Å²) in [5, 5.41) is 4.82. The molecule has 12 heteroatoms. The van der Waals surface area contributed by atoms with Crippen LogP contribution >= 0.6 is 11.6 Å². The second-order valence-corrected chi connectivity index (χ2v) is 11.3. The molecule has 4 unspecified atom stereocenters. The van der Waals surface area contributed by atoms with Crippen molar-refractivity contribution < 1.29 is 18.4 Å². The summed E-state index contributed by atoms with van der Waals surface area (Å²) < 4.78 is 25.2. The van der Waals surface area contributed by atoms with E-state index in [1.807, 2.05) is 24.4 Å². The van der Waals surface area contributed by atoms with Crippen LogP contribution in [0.15, 0.2) is 60.9 Å². The van der Waals surface area contributed by atoms with Crippen molar-refractivity contribution in [3.05, 3.63) is 77.2 Å². The number of hydrogen-bond acceptors (Lipinski definition) is 7. The summed E-state index contributed by atoms with van der Waals surface area (Å²) in [5.74, 6) is -0.299. The van der Waals surface area contributed by atoms with Crippen LogP contribution in [0.3, 0.4) is 0 Å². The van der Waals surface area contributed by atoms with Crippen molar-refractivity contribution in [2.45, 2.75) is 37.8 Å². The quantitative estimate of drug-likeness (QED) is 0.161. The van der Waals surface area contributed by atoms with Gasteiger partial charge in [0.1, 0.15) is 16.6 Å². The molecule has 6 rings (SSSR count). The van der Waals surface area contributed by atoms with Crippen molar-refractivity contribution in [3.8, 4) is 11.1 Å². The highest BCUT2D eigenvalue weighted by Gasteiger charge is 2.43. The zero-order valence-electron chi connectivity index (χ0n) is 21.3. The number of benzene rings is 1. The smallest absolute Gasteiger partial charge is 0.261 e. The molecule has 3 aromatic heterocycles. The Balaban J connectivity index is 1.24. The number of carbonyl (C=O) groups excluding carboxylic acids is 2. The Hall–Kier alpha value is -3.64. The number of aromatic amines is 1. The number of nitrogens with one attached hydrogen (secondary N) is 3. The van der Waals surface area contributed by atoms with E-state index in [9.17, 15) is 18.4 Å². The monoisotopic (exact) mass is 577 g/mol. The number of rotatable bonds is 8. The van der Waals surface area contributed by atoms with Crippen LogP contribution in [-0.2, 0) is 11.3 Å². The molecule has 40 heavy (non-hydrogen) atoms. The van der Waals surface area contributed by atoms with Crippen LogP contribution < -0.4 is 10.0 Å². The van der Waals surface area contributed by atoms with Crippen LogP contribution in [0.2, 0.25) is 5.15 Å². The number of pyridine rings is 2. The van der Waals surface area contributed by atoms with Crippen molar-refractivity contribution in [1.82, 2.24) is 24.6 Å². The van der Waals surface area contributed by atoms with Crippen LogP contribution in [-0.4, -0.2) is 59.1 Å². The van der Waals surface area contributed by atoms with E-state index in [0.29, 0.717) is 28.5 Å². The number of H-pyrrole nitrogens is 1. The molecule has 10 nitrogen and oxygen atoms in total. The second-order valence-electron chi connectivity index (χ2n) is 10.1. The number of halogens is 1. The molecule has 0 spiro atoms. The number of nitrogens with zero attached hydrogens (tertiary/aromatic N) is 3. The highest BCUT2D eigenvalue weighted by Crippen LogP contribution is 2.36. The third-order valence-electron chi connectivity index (χ3n) is 7.73. The minimum atomic E-state index is -2.53. The molecule has 2 amide bonds. The molecule has 4 heterocycles. The number of anilines is 1. The van der Waals surface area contributed by atoms with Crippen LogP contribution in [0, 0.1) is 5.92 Å². The maximum atomic E-state index is 13.3. The first kappa shape index (κ1) is 26.6. The maximum Gasteiger partial charge on any atom is 0.261 e. The summed E-state index contributed by atoms with van der Waals surface area (Å²) in [6.07, 6.45) is 6.68. The molecular formula is C28H26ClN6O4S-. The van der Waals surface area contributed by atoms with Gasteiger partial charge in [-0.1, -0.05) is 30.2 Å². The molecule has 0 bridgehead atoms. The fourth-order valence-corrected chi connectivity index (χ4v) is 6.49. The summed E-state index contributed by atoms with van der Waals surface area (Å²) in [6.45, 7) is -0.0485. The minimum Gasteiger partial charge on any atom is -0.760 e. The summed E-state index contributed by atoms with van der Waals surface area (Å²) in [6, 6.07) is 13.7. The number of fused-ring (bicyclic) bond motifs is 2. The maximum absolute atomic E-state index is 13.3. The lowest BCUT2D eigenvalue weighted by molar-refractivity contribution is 0.0498. The summed E-state index contributed by atoms with van der Waals surface area (Å²) in [4.78, 5) is 39.8. The van der Waals surface area contributed by atoms with E-state index in [1.165, 1.54) is 4.90 Å². The van der Waals surface area contributed by atoms with Gasteiger partial charge in [-0.15, -0.1) is 0 Å². The van der Waals surface area contributed by atoms with Gasteiger partial charge < -0.3 is 14.9 Å². The van der Waals surface area contributed by atoms with Crippen molar-refractivity contribution in [2.24, 2.45) is 5.92 Å². The third-order valence-corrected chi connectivity index (χ3v) is 8.33. The fourth-order valence-electron chi connectivity index (χ4n) is 5.97. The number of aromatic nitrogens is 3. The van der Waals surface area contributed by atoms with E-state index in [2.05, 4.69) is 25.0 Å². The van der Waals surface area contributed by atoms with Gasteiger partial charge in [0, 0.05) is 47.2 Å². The van der Waals surface area contributed by atoms with E-state index < -0.39 is 29.1 Å². The normalized spacial score (nSPS) is 20.5. The lowest BCUT2D eigenvalue weighted by Crippen LogP contribution is -2.51. The molecular weight excluding hydrogens is 552 g/mol. The van der Waals surface area contributed by atoms with Crippen molar-refractivity contribution >= 4 is 51.5 Å². The molecule has 1 aliphatic carbocycles. The van der Waals surface area contributed by atoms with Crippen LogP contribution in [0.25, 0.3) is 22.2 Å². The molecule has 1 fully saturated rings. The predicted molar refractivity (Wildman–Crippen MR) is 151 cm³/mol. The molecule has 206 valence electrons. The van der Waals surface area contributed by atoms with Gasteiger partial charge in [-0.3, -0.25) is 18.7 Å². The summed E-state index contributed by atoms with van der Waals surface area (Å²) in [7, 11) is 0. The molecule has 4 aromatic rings. The van der Waals surface area contributed by atoms with E-state index in [0.717, 1.165) is 41.4 Å². The number of carbonyl (C=O) groups is 2. The summed E-state index contributed by atoms with van der Waals surface area (Å²) in [5.41, 5.74) is 3.31. The van der Waals surface area contributed by atoms with E-state index in [4.69, 9.17) is 11.6 Å². The molecule has 1 aromatic carbocycles. The highest BCUT2D eigenvalue weighted by atomic mass is 35.5. The Morgan fingerprint density at radius 2 is 1.88 bits per heavy atom. The van der Waals surface area contributed by atoms with Crippen LogP contribution in [0.5, 0.6) is 0 Å². The van der Waals surface area contributed by atoms with Crippen LogP contribution in [0.1, 0.15) is 46.4 Å². The Kier molecular flexibility index (Phi) is 7.37. The topological polar surface area (TPSA) is 143 Å². The van der Waals surface area contributed by atoms with E-state index in [1.54, 1.807) is 36.5 Å². The van der Waals surface area contributed by atoms with E-state index >= 15 is 0 Å². The van der Waals surface area contributed by atoms with Gasteiger partial charge in [-0.05, 0) is 67.1 Å². The SMILES string of the molecule is O=C1c2ccccc2C(=O)N1C(CNS(=O)[O-])C1CCCC(Nc2cc(-c3c[nH]c4ncccc34)cc(Cl)n2)C1. The largest absolute Gasteiger partial charge is 0.760 e. The number of hydrogen-bond donors (Lipinski definition) is 3. The fraction of sp³-hybridized carbons (Fsp3) is 0.286. The second kappa shape index (κ2) is 11.1. The number of imide groups is 1. The first-order valence-corrected chi connectivity index (χ1v) is 14.5. The molecule has 4 atom stereocenters. The van der Waals surface area contributed by atoms with Gasteiger partial charge in [0.25, 0.3) is 11.8 Å². The van der Waals surface area contributed by atoms with E-state index in [-0.39, 0.29) is 18.5 Å². The lowest BCUT2D eigenvalue weighted by atomic mass is 9.80. The predicted octanol–water partition coefficient (Wildman–Crippen LogP) is 4.30. The Morgan fingerprint density at radius 3 is 2.62 bits per heavy atom. The van der Waals surface area contributed by atoms with Crippen molar-refractivity contribution in [1.29, 1.82) is 0 Å². The molecule has 1 saturated carbocycles. The highest BCUT2D eigenvalue weighted by molar-refractivity contribution is 7.77. The van der Waals surface area contributed by atoms with Gasteiger partial charge in [0.05, 0.1) is 17.2 Å². The minimum absolute atomic E-state index is 0.0161. The van der Waals surface area contributed by atoms with Crippen molar-refractivity contribution in [3.63, 3.8) is 0 Å². The zero-order chi connectivity index (χ0) is 27.8. The Morgan fingerprint density at radius 1 is 1.10 bits per heavy atom. The Bertz CT molecular complexity index is 1590. The molecule has 3 N–H and O–H groups in total. The average molecular weight is 578 g/mol. The lowest BCUT2D eigenvalue weighted by Gasteiger charge is -2.38. The summed E-state index contributed by atoms with van der Waals surface area (Å²) >= 11 is 3.89. The van der Waals surface area contributed by atoms with Crippen LogP contribution in [0.4, 0.5) is 5.82 Å². The molecule has 2 aliphatic rings. The van der Waals surface area contributed by atoms with Gasteiger partial charge >= 0.3 is 0 Å². The first-order valence-electron chi connectivity index (χ1n) is 13.1. The third kappa shape index (κ3) is 5.13. The molecule has 1 aliphatic heterocycles. The van der Waals surface area contributed by atoms with Gasteiger partial charge in [0.15, 0.2) is 0 Å². The van der Waals surface area contributed by atoms with Gasteiger partial charge in [-0.2, -0.15) is 0 Å². The van der Waals surface area contributed by atoms with Crippen molar-refractivity contribution in [2.75, 3.05) is 11.9 Å².